The lowest BCUT2D eigenvalue weighted by Crippen LogP contribution is -2.53. The van der Waals surface area contributed by atoms with Gasteiger partial charge in [-0.1, -0.05) is 0 Å². The van der Waals surface area contributed by atoms with Crippen LogP contribution in [0.2, 0.25) is 0 Å². The Hall–Kier alpha value is -3.70. The summed E-state index contributed by atoms with van der Waals surface area (Å²) in [6, 6.07) is 2.44. The van der Waals surface area contributed by atoms with E-state index < -0.39 is 29.9 Å². The van der Waals surface area contributed by atoms with Crippen LogP contribution in [0, 0.1) is 12.8 Å². The lowest BCUT2D eigenvalue weighted by molar-refractivity contribution is -0.137. The molecule has 1 saturated heterocycles. The molecule has 1 aliphatic carbocycles. The van der Waals surface area contributed by atoms with Crippen LogP contribution in [0.3, 0.4) is 0 Å². The Balaban J connectivity index is 1.49. The van der Waals surface area contributed by atoms with E-state index >= 15 is 0 Å². The van der Waals surface area contributed by atoms with Gasteiger partial charge in [0.2, 0.25) is 5.91 Å². The van der Waals surface area contributed by atoms with Gasteiger partial charge in [-0.3, -0.25) is 9.59 Å². The first-order valence-electron chi connectivity index (χ1n) is 12.4. The fraction of sp³-hybridized carbons (Fsp3) is 0.462. The molecule has 2 aliphatic rings. The Morgan fingerprint density at radius 1 is 1.21 bits per heavy atom. The summed E-state index contributed by atoms with van der Waals surface area (Å²) in [6.07, 6.45) is -2.57. The number of carbonyl (C=O) groups is 2. The average Bonchev–Trinajstić information content (AvgIpc) is 3.62. The molecular weight excluding hydrogens is 506 g/mol. The average molecular weight is 534 g/mol. The number of alkyl halides is 4. The number of aromatic amines is 1. The van der Waals surface area contributed by atoms with Gasteiger partial charge in [-0.05, 0) is 50.3 Å². The molecule has 8 nitrogen and oxygen atoms in total. The third-order valence-corrected chi connectivity index (χ3v) is 7.04. The van der Waals surface area contributed by atoms with Crippen LogP contribution in [0.4, 0.5) is 17.6 Å². The molecule has 2 fully saturated rings. The van der Waals surface area contributed by atoms with Crippen molar-refractivity contribution in [2.45, 2.75) is 51.5 Å². The second-order valence-corrected chi connectivity index (χ2v) is 9.88. The lowest BCUT2D eigenvalue weighted by atomic mass is 10.0. The van der Waals surface area contributed by atoms with Crippen LogP contribution in [0.25, 0.3) is 22.3 Å². The Bertz CT molecular complexity index is 1390. The molecule has 2 N–H and O–H groups in total. The SMILES string of the molecule is CC(=O)N1CC[C@H](NC(=O)c2c(C)[nH]c3c(-c4cc(C(F)(F)F)ccc4OCC4CC4)ncnc23)[C@H](F)C1. The highest BCUT2D eigenvalue weighted by atomic mass is 19.4. The molecule has 12 heteroatoms. The van der Waals surface area contributed by atoms with Crippen molar-refractivity contribution in [3.8, 4) is 17.0 Å². The first kappa shape index (κ1) is 25.9. The molecule has 5 rings (SSSR count). The summed E-state index contributed by atoms with van der Waals surface area (Å²) < 4.78 is 61.3. The Morgan fingerprint density at radius 3 is 2.63 bits per heavy atom. The van der Waals surface area contributed by atoms with Gasteiger partial charge in [0.05, 0.1) is 35.8 Å². The number of piperidine rings is 1. The predicted octanol–water partition coefficient (Wildman–Crippen LogP) is 4.43. The second-order valence-electron chi connectivity index (χ2n) is 9.88. The summed E-state index contributed by atoms with van der Waals surface area (Å²) in [6.45, 7) is 3.59. The van der Waals surface area contributed by atoms with Crippen molar-refractivity contribution in [3.05, 3.63) is 41.3 Å². The number of amides is 2. The number of hydrogen-bond donors (Lipinski definition) is 2. The molecule has 1 aliphatic heterocycles. The van der Waals surface area contributed by atoms with E-state index in [1.807, 2.05) is 0 Å². The first-order valence-corrected chi connectivity index (χ1v) is 12.4. The minimum atomic E-state index is -4.58. The number of aryl methyl sites for hydroxylation is 1. The Kier molecular flexibility index (Phi) is 6.74. The number of aromatic nitrogens is 3. The molecule has 3 heterocycles. The van der Waals surface area contributed by atoms with Gasteiger partial charge in [0.1, 0.15) is 29.5 Å². The summed E-state index contributed by atoms with van der Waals surface area (Å²) in [7, 11) is 0. The number of likely N-dealkylation sites (tertiary alicyclic amines) is 1. The normalized spacial score (nSPS) is 20.0. The summed E-state index contributed by atoms with van der Waals surface area (Å²) in [5.41, 5.74) is 0.459. The molecule has 1 aromatic carbocycles. The molecule has 0 radical (unpaired) electrons. The van der Waals surface area contributed by atoms with Crippen molar-refractivity contribution in [2.75, 3.05) is 19.7 Å². The smallest absolute Gasteiger partial charge is 0.416 e. The molecule has 3 aromatic rings. The van der Waals surface area contributed by atoms with Crippen LogP contribution in [-0.2, 0) is 11.0 Å². The van der Waals surface area contributed by atoms with Gasteiger partial charge in [0, 0.05) is 24.7 Å². The standard InChI is InChI=1S/C26H27F4N5O3/c1-13-21(25(37)34-19-7-8-35(14(2)36)10-18(19)27)23-24(33-13)22(31-12-32-23)17-9-16(26(28,29)30)5-6-20(17)38-11-15-3-4-15/h5-6,9,12,15,18-19,33H,3-4,7-8,10-11H2,1-2H3,(H,34,37)/t18-,19+/m1/s1. The number of nitrogens with one attached hydrogen (secondary N) is 2. The van der Waals surface area contributed by atoms with Crippen LogP contribution < -0.4 is 10.1 Å². The van der Waals surface area contributed by atoms with Crippen molar-refractivity contribution in [3.63, 3.8) is 0 Å². The molecule has 0 spiro atoms. The minimum Gasteiger partial charge on any atom is -0.493 e. The maximum atomic E-state index is 14.7. The fourth-order valence-electron chi connectivity index (χ4n) is 4.71. The first-order chi connectivity index (χ1) is 18.0. The number of fused-ring (bicyclic) bond motifs is 1. The molecule has 2 amide bonds. The van der Waals surface area contributed by atoms with E-state index in [2.05, 4.69) is 20.3 Å². The number of nitrogens with zero attached hydrogens (tertiary/aromatic N) is 3. The number of halogens is 4. The predicted molar refractivity (Wildman–Crippen MR) is 130 cm³/mol. The zero-order valence-corrected chi connectivity index (χ0v) is 20.9. The van der Waals surface area contributed by atoms with E-state index in [1.54, 1.807) is 6.92 Å². The van der Waals surface area contributed by atoms with Crippen molar-refractivity contribution in [1.29, 1.82) is 0 Å². The maximum absolute atomic E-state index is 14.7. The molecular formula is C26H27F4N5O3. The molecule has 38 heavy (non-hydrogen) atoms. The van der Waals surface area contributed by atoms with Crippen molar-refractivity contribution in [2.24, 2.45) is 5.92 Å². The lowest BCUT2D eigenvalue weighted by Gasteiger charge is -2.34. The fourth-order valence-corrected chi connectivity index (χ4v) is 4.71. The number of rotatable bonds is 6. The van der Waals surface area contributed by atoms with Gasteiger partial charge in [-0.15, -0.1) is 0 Å². The third-order valence-electron chi connectivity index (χ3n) is 7.04. The largest absolute Gasteiger partial charge is 0.493 e. The van der Waals surface area contributed by atoms with E-state index in [-0.39, 0.29) is 52.5 Å². The monoisotopic (exact) mass is 533 g/mol. The second kappa shape index (κ2) is 9.88. The number of ether oxygens (including phenoxy) is 1. The van der Waals surface area contributed by atoms with E-state index in [9.17, 15) is 27.2 Å². The maximum Gasteiger partial charge on any atom is 0.416 e. The third kappa shape index (κ3) is 5.16. The number of carbonyl (C=O) groups excluding carboxylic acids is 2. The van der Waals surface area contributed by atoms with Crippen LogP contribution in [0.5, 0.6) is 5.75 Å². The Labute approximate surface area is 215 Å². The molecule has 0 unspecified atom stereocenters. The summed E-state index contributed by atoms with van der Waals surface area (Å²) in [5.74, 6) is -0.179. The van der Waals surface area contributed by atoms with Gasteiger partial charge < -0.3 is 19.9 Å². The van der Waals surface area contributed by atoms with Gasteiger partial charge in [-0.2, -0.15) is 13.2 Å². The topological polar surface area (TPSA) is 100 Å². The van der Waals surface area contributed by atoms with Crippen molar-refractivity contribution in [1.82, 2.24) is 25.2 Å². The zero-order valence-electron chi connectivity index (χ0n) is 20.9. The van der Waals surface area contributed by atoms with Gasteiger partial charge in [0.25, 0.3) is 5.91 Å². The van der Waals surface area contributed by atoms with E-state index in [0.717, 1.165) is 25.0 Å². The van der Waals surface area contributed by atoms with Crippen LogP contribution in [0.15, 0.2) is 24.5 Å². The van der Waals surface area contributed by atoms with Gasteiger partial charge in [-0.25, -0.2) is 14.4 Å². The summed E-state index contributed by atoms with van der Waals surface area (Å²) in [4.78, 5) is 37.7. The molecule has 2 aromatic heterocycles. The molecule has 0 bridgehead atoms. The molecule has 202 valence electrons. The van der Waals surface area contributed by atoms with Crippen LogP contribution in [0.1, 0.15) is 47.8 Å². The highest BCUT2D eigenvalue weighted by Gasteiger charge is 2.34. The number of H-pyrrole nitrogens is 1. The molecule has 1 saturated carbocycles. The quantitative estimate of drug-likeness (QED) is 0.457. The highest BCUT2D eigenvalue weighted by Crippen LogP contribution is 2.40. The zero-order chi connectivity index (χ0) is 27.2. The van der Waals surface area contributed by atoms with Gasteiger partial charge >= 0.3 is 6.18 Å². The minimum absolute atomic E-state index is 0.112. The van der Waals surface area contributed by atoms with Crippen LogP contribution >= 0.6 is 0 Å². The van der Waals surface area contributed by atoms with Crippen LogP contribution in [-0.4, -0.2) is 63.6 Å². The Morgan fingerprint density at radius 2 is 1.97 bits per heavy atom. The number of benzene rings is 1. The summed E-state index contributed by atoms with van der Waals surface area (Å²) in [5, 5.41) is 2.70. The highest BCUT2D eigenvalue weighted by molar-refractivity contribution is 6.09. The van der Waals surface area contributed by atoms with Gasteiger partial charge in [0.15, 0.2) is 0 Å². The number of hydrogen-bond acceptors (Lipinski definition) is 5. The molecule has 2 atom stereocenters. The van der Waals surface area contributed by atoms with E-state index in [0.29, 0.717) is 24.8 Å². The van der Waals surface area contributed by atoms with E-state index in [4.69, 9.17) is 4.74 Å². The summed E-state index contributed by atoms with van der Waals surface area (Å²) >= 11 is 0. The van der Waals surface area contributed by atoms with Crippen molar-refractivity contribution < 1.29 is 31.9 Å². The van der Waals surface area contributed by atoms with E-state index in [1.165, 1.54) is 24.2 Å². The van der Waals surface area contributed by atoms with Crippen molar-refractivity contribution >= 4 is 22.8 Å².